The maximum absolute atomic E-state index is 14.1. The van der Waals surface area contributed by atoms with Crippen molar-refractivity contribution in [3.05, 3.63) is 143 Å². The van der Waals surface area contributed by atoms with E-state index in [-0.39, 0.29) is 23.4 Å². The van der Waals surface area contributed by atoms with Crippen molar-refractivity contribution in [3.8, 4) is 17.1 Å². The quantitative estimate of drug-likeness (QED) is 0.136. The Hall–Kier alpha value is -5.55. The van der Waals surface area contributed by atoms with Gasteiger partial charge in [0.2, 0.25) is 0 Å². The van der Waals surface area contributed by atoms with E-state index in [2.05, 4.69) is 0 Å². The highest BCUT2D eigenvalue weighted by atomic mass is 32.1. The average molecular weight is 608 g/mol. The number of fused-ring (bicyclic) bond motifs is 1. The van der Waals surface area contributed by atoms with Gasteiger partial charge in [0.05, 0.1) is 40.5 Å². The minimum atomic E-state index is -0.843. The smallest absolute Gasteiger partial charge is 0.338 e. The monoisotopic (exact) mass is 607 g/mol. The second-order valence-corrected chi connectivity index (χ2v) is 10.7. The summed E-state index contributed by atoms with van der Waals surface area (Å²) in [6.45, 7) is 1.87. The van der Waals surface area contributed by atoms with Gasteiger partial charge >= 0.3 is 5.97 Å². The first-order chi connectivity index (χ1) is 21.4. The summed E-state index contributed by atoms with van der Waals surface area (Å²) < 4.78 is 18.8. The lowest BCUT2D eigenvalue weighted by molar-refractivity contribution is -0.384. The predicted molar refractivity (Wildman–Crippen MR) is 165 cm³/mol. The summed E-state index contributed by atoms with van der Waals surface area (Å²) in [6, 6.07) is 25.1. The Labute approximate surface area is 254 Å². The Morgan fingerprint density at radius 3 is 2.52 bits per heavy atom. The Balaban J connectivity index is 1.53. The number of rotatable bonds is 8. The molecule has 11 heteroatoms. The molecule has 1 aliphatic rings. The number of ether oxygens (including phenoxy) is 2. The molecule has 0 aliphatic carbocycles. The topological polar surface area (TPSA) is 126 Å². The lowest BCUT2D eigenvalue weighted by atomic mass is 9.93. The molecule has 3 heterocycles. The van der Waals surface area contributed by atoms with Gasteiger partial charge in [0, 0.05) is 29.3 Å². The third-order valence-electron chi connectivity index (χ3n) is 7.05. The molecule has 5 aromatic rings. The van der Waals surface area contributed by atoms with Crippen LogP contribution in [0.3, 0.4) is 0 Å². The molecule has 2 aromatic heterocycles. The molecule has 0 unspecified atom stereocenters. The zero-order valence-electron chi connectivity index (χ0n) is 23.6. The molecular weight excluding hydrogens is 582 g/mol. The van der Waals surface area contributed by atoms with Crippen molar-refractivity contribution in [1.29, 1.82) is 0 Å². The lowest BCUT2D eigenvalue weighted by Gasteiger charge is -2.26. The summed E-state index contributed by atoms with van der Waals surface area (Å²) in [4.78, 5) is 43.5. The van der Waals surface area contributed by atoms with Gasteiger partial charge in [0.1, 0.15) is 17.3 Å². The lowest BCUT2D eigenvalue weighted by Crippen LogP contribution is -2.40. The molecule has 0 saturated carbocycles. The molecule has 0 bridgehead atoms. The van der Waals surface area contributed by atoms with Crippen LogP contribution in [0.4, 0.5) is 5.69 Å². The van der Waals surface area contributed by atoms with Crippen molar-refractivity contribution in [2.24, 2.45) is 4.99 Å². The molecule has 3 aromatic carbocycles. The third-order valence-corrected chi connectivity index (χ3v) is 8.03. The van der Waals surface area contributed by atoms with Gasteiger partial charge in [-0.1, -0.05) is 53.8 Å². The number of nitro groups is 1. The molecule has 0 radical (unpaired) electrons. The van der Waals surface area contributed by atoms with Crippen LogP contribution in [0.15, 0.2) is 111 Å². The second-order valence-electron chi connectivity index (χ2n) is 9.71. The number of non-ortho nitro benzene ring substituents is 1. The molecule has 0 fully saturated rings. The molecule has 44 heavy (non-hydrogen) atoms. The highest BCUT2D eigenvalue weighted by Crippen LogP contribution is 2.36. The summed E-state index contributed by atoms with van der Waals surface area (Å²) >= 11 is 1.18. The second kappa shape index (κ2) is 12.0. The molecule has 0 amide bonds. The Kier molecular flexibility index (Phi) is 7.78. The molecule has 1 atom stereocenters. The van der Waals surface area contributed by atoms with Crippen molar-refractivity contribution in [3.63, 3.8) is 0 Å². The largest absolute Gasteiger partial charge is 0.497 e. The number of hydrogen-bond acceptors (Lipinski definition) is 9. The van der Waals surface area contributed by atoms with Crippen LogP contribution in [0.2, 0.25) is 0 Å². The summed E-state index contributed by atoms with van der Waals surface area (Å²) in [5.41, 5.74) is 2.29. The van der Waals surface area contributed by atoms with Crippen LogP contribution in [0.5, 0.6) is 5.75 Å². The fraction of sp³-hybridized carbons (Fsp3) is 0.121. The van der Waals surface area contributed by atoms with Crippen LogP contribution >= 0.6 is 11.3 Å². The summed E-state index contributed by atoms with van der Waals surface area (Å²) in [6.07, 6.45) is 1.62. The number of thiazole rings is 1. The number of aromatic nitrogens is 1. The molecule has 0 N–H and O–H groups in total. The Morgan fingerprint density at radius 2 is 1.82 bits per heavy atom. The SMILES string of the molecule is CCOC(=O)C1=C(c2ccccc2)N=c2s/c(=C\c3ccc(-c4ccc([N+](=O)[O-])cc4)o3)c(=O)n2[C@@H]1c1cccc(OC)c1. The van der Waals surface area contributed by atoms with E-state index in [9.17, 15) is 19.7 Å². The number of nitrogens with zero attached hydrogens (tertiary/aromatic N) is 3. The van der Waals surface area contributed by atoms with Gasteiger partial charge in [0.15, 0.2) is 4.80 Å². The molecule has 0 saturated heterocycles. The summed E-state index contributed by atoms with van der Waals surface area (Å²) in [5, 5.41) is 11.0. The fourth-order valence-corrected chi connectivity index (χ4v) is 6.01. The number of esters is 1. The van der Waals surface area contributed by atoms with E-state index in [1.54, 1.807) is 62.6 Å². The number of hydrogen-bond donors (Lipinski definition) is 0. The van der Waals surface area contributed by atoms with Crippen molar-refractivity contribution in [1.82, 2.24) is 4.57 Å². The van der Waals surface area contributed by atoms with Gasteiger partial charge < -0.3 is 13.9 Å². The number of methoxy groups -OCH3 is 1. The molecule has 6 rings (SSSR count). The van der Waals surface area contributed by atoms with Crippen LogP contribution in [0, 0.1) is 10.1 Å². The molecule has 0 spiro atoms. The van der Waals surface area contributed by atoms with Gasteiger partial charge in [-0.05, 0) is 48.9 Å². The number of nitro benzene ring substituents is 1. The van der Waals surface area contributed by atoms with Gasteiger partial charge in [-0.15, -0.1) is 0 Å². The van der Waals surface area contributed by atoms with Crippen molar-refractivity contribution < 1.29 is 23.6 Å². The zero-order chi connectivity index (χ0) is 30.8. The van der Waals surface area contributed by atoms with Gasteiger partial charge in [-0.2, -0.15) is 0 Å². The first kappa shape index (κ1) is 28.6. The third kappa shape index (κ3) is 5.36. The van der Waals surface area contributed by atoms with E-state index in [0.29, 0.717) is 49.0 Å². The first-order valence-electron chi connectivity index (χ1n) is 13.6. The Morgan fingerprint density at radius 1 is 1.05 bits per heavy atom. The minimum absolute atomic E-state index is 0.0238. The number of benzene rings is 3. The van der Waals surface area contributed by atoms with E-state index in [1.807, 2.05) is 36.4 Å². The van der Waals surface area contributed by atoms with E-state index < -0.39 is 16.9 Å². The maximum Gasteiger partial charge on any atom is 0.338 e. The zero-order valence-corrected chi connectivity index (χ0v) is 24.4. The van der Waals surface area contributed by atoms with E-state index >= 15 is 0 Å². The van der Waals surface area contributed by atoms with Gasteiger partial charge in [-0.3, -0.25) is 19.5 Å². The van der Waals surface area contributed by atoms with E-state index in [4.69, 9.17) is 18.9 Å². The van der Waals surface area contributed by atoms with E-state index in [1.165, 1.54) is 28.0 Å². The average Bonchev–Trinajstić information content (AvgIpc) is 3.64. The maximum atomic E-state index is 14.1. The van der Waals surface area contributed by atoms with Crippen molar-refractivity contribution in [2.45, 2.75) is 13.0 Å². The molecule has 220 valence electrons. The van der Waals surface area contributed by atoms with Crippen LogP contribution in [-0.2, 0) is 9.53 Å². The standard InChI is InChI=1S/C33H25N3O7S/c1-3-42-32(38)28-29(21-8-5-4-6-9-21)34-33-35(30(28)22-10-7-11-24(18-22)41-2)31(37)27(44-33)19-25-16-17-26(43-25)20-12-14-23(15-13-20)36(39)40/h4-19,30H,3H2,1-2H3/b27-19-/t30-/m1/s1. The van der Waals surface area contributed by atoms with E-state index in [0.717, 1.165) is 0 Å². The van der Waals surface area contributed by atoms with Crippen LogP contribution in [-0.4, -0.2) is 29.2 Å². The molecular formula is C33H25N3O7S. The van der Waals surface area contributed by atoms with Crippen molar-refractivity contribution >= 4 is 34.8 Å². The summed E-state index contributed by atoms with van der Waals surface area (Å²) in [5.74, 6) is 0.898. The van der Waals surface area contributed by atoms with Crippen LogP contribution in [0.25, 0.3) is 23.1 Å². The van der Waals surface area contributed by atoms with Crippen LogP contribution < -0.4 is 19.6 Å². The van der Waals surface area contributed by atoms with Gasteiger partial charge in [0.25, 0.3) is 11.2 Å². The highest BCUT2D eigenvalue weighted by Gasteiger charge is 2.35. The minimum Gasteiger partial charge on any atom is -0.497 e. The normalized spacial score (nSPS) is 14.6. The van der Waals surface area contributed by atoms with Gasteiger partial charge in [-0.25, -0.2) is 9.79 Å². The van der Waals surface area contributed by atoms with Crippen molar-refractivity contribution in [2.75, 3.05) is 13.7 Å². The molecule has 1 aliphatic heterocycles. The van der Waals surface area contributed by atoms with Crippen LogP contribution in [0.1, 0.15) is 29.9 Å². The highest BCUT2D eigenvalue weighted by molar-refractivity contribution is 7.07. The predicted octanol–water partition coefficient (Wildman–Crippen LogP) is 5.11. The first-order valence-corrected chi connectivity index (χ1v) is 14.5. The molecule has 10 nitrogen and oxygen atoms in total. The fourth-order valence-electron chi connectivity index (χ4n) is 5.03. The Bertz CT molecular complexity index is 2090. The number of furan rings is 1. The number of carbonyl (C=O) groups excluding carboxylic acids is 1. The summed E-state index contributed by atoms with van der Waals surface area (Å²) in [7, 11) is 1.55. The number of carbonyl (C=O) groups is 1.